The van der Waals surface area contributed by atoms with E-state index in [2.05, 4.69) is 21.2 Å². The van der Waals surface area contributed by atoms with E-state index in [1.165, 1.54) is 12.1 Å². The number of hydrogen-bond donors (Lipinski definition) is 1. The molecule has 2 aromatic carbocycles. The van der Waals surface area contributed by atoms with Crippen LogP contribution in [0.5, 0.6) is 0 Å². The lowest BCUT2D eigenvalue weighted by Gasteiger charge is -2.27. The molecule has 1 aliphatic heterocycles. The van der Waals surface area contributed by atoms with Crippen molar-refractivity contribution in [3.05, 3.63) is 86.9 Å². The molecule has 8 heteroatoms. The highest BCUT2D eigenvalue weighted by Gasteiger charge is 2.37. The number of nitrogens with zero attached hydrogens (tertiary/aromatic N) is 2. The maximum absolute atomic E-state index is 14.6. The fourth-order valence-electron chi connectivity index (χ4n) is 3.81. The van der Waals surface area contributed by atoms with Gasteiger partial charge in [0.25, 0.3) is 11.8 Å². The molecule has 0 bridgehead atoms. The van der Waals surface area contributed by atoms with E-state index in [1.54, 1.807) is 60.9 Å². The highest BCUT2D eigenvalue weighted by atomic mass is 79.9. The van der Waals surface area contributed by atoms with Crippen LogP contribution in [0.4, 0.5) is 14.9 Å². The maximum atomic E-state index is 14.6. The van der Waals surface area contributed by atoms with Crippen LogP contribution >= 0.6 is 15.9 Å². The van der Waals surface area contributed by atoms with Crippen LogP contribution in [0.2, 0.25) is 0 Å². The van der Waals surface area contributed by atoms with Gasteiger partial charge in [-0.25, -0.2) is 14.1 Å². The van der Waals surface area contributed by atoms with Crippen molar-refractivity contribution in [2.24, 2.45) is 0 Å². The molecule has 0 radical (unpaired) electrons. The average Bonchev–Trinajstić information content (AvgIpc) is 3.00. The topological polar surface area (TPSA) is 71.4 Å². The second-order valence-electron chi connectivity index (χ2n) is 7.50. The molecule has 2 heterocycles. The molecule has 6 nitrogen and oxygen atoms in total. The van der Waals surface area contributed by atoms with Gasteiger partial charge in [-0.1, -0.05) is 34.1 Å². The van der Waals surface area contributed by atoms with Crippen molar-refractivity contribution in [3.8, 4) is 5.69 Å². The molecule has 162 valence electrons. The van der Waals surface area contributed by atoms with Crippen molar-refractivity contribution >= 4 is 45.5 Å². The minimum atomic E-state index is -0.797. The number of carbonyl (C=O) groups excluding carboxylic acids is 3. The molecule has 4 amide bonds. The van der Waals surface area contributed by atoms with Gasteiger partial charge in [-0.3, -0.25) is 14.9 Å². The first-order chi connectivity index (χ1) is 15.2. The zero-order valence-corrected chi connectivity index (χ0v) is 19.2. The van der Waals surface area contributed by atoms with E-state index in [1.807, 2.05) is 6.92 Å². The van der Waals surface area contributed by atoms with Crippen LogP contribution in [0.15, 0.2) is 58.6 Å². The van der Waals surface area contributed by atoms with Gasteiger partial charge in [-0.05, 0) is 68.3 Å². The standard InChI is InChI=1S/C24H19BrFN3O3/c1-13-6-4-5-7-20(13)29-23(31)18(22(30)27-24(29)32)11-16-10-14(2)28(15(16)3)21-9-8-17(25)12-19(21)26/h4-12H,1-3H3,(H,27,30,32)/b18-11+. The van der Waals surface area contributed by atoms with Gasteiger partial charge in [0.1, 0.15) is 11.4 Å². The predicted molar refractivity (Wildman–Crippen MR) is 123 cm³/mol. The highest BCUT2D eigenvalue weighted by Crippen LogP contribution is 2.28. The SMILES string of the molecule is Cc1ccccc1N1C(=O)NC(=O)/C(=C\c2cc(C)n(-c3ccc(Br)cc3F)c2C)C1=O. The summed E-state index contributed by atoms with van der Waals surface area (Å²) in [6.07, 6.45) is 1.44. The molecule has 4 rings (SSSR count). The number of urea groups is 1. The molecule has 0 spiro atoms. The molecule has 1 fully saturated rings. The summed E-state index contributed by atoms with van der Waals surface area (Å²) in [5.41, 5.74) is 3.24. The van der Waals surface area contributed by atoms with Gasteiger partial charge >= 0.3 is 6.03 Å². The predicted octanol–water partition coefficient (Wildman–Crippen LogP) is 4.97. The van der Waals surface area contributed by atoms with E-state index in [0.717, 1.165) is 10.6 Å². The first-order valence-corrected chi connectivity index (χ1v) is 10.6. The van der Waals surface area contributed by atoms with Crippen molar-refractivity contribution in [3.63, 3.8) is 0 Å². The molecule has 32 heavy (non-hydrogen) atoms. The van der Waals surface area contributed by atoms with Crippen LogP contribution in [0.3, 0.4) is 0 Å². The zero-order valence-electron chi connectivity index (χ0n) is 17.6. The fourth-order valence-corrected chi connectivity index (χ4v) is 4.15. The zero-order chi connectivity index (χ0) is 23.2. The van der Waals surface area contributed by atoms with Crippen LogP contribution in [-0.4, -0.2) is 22.4 Å². The lowest BCUT2D eigenvalue weighted by atomic mass is 10.1. The van der Waals surface area contributed by atoms with Crippen molar-refractivity contribution in [2.45, 2.75) is 20.8 Å². The molecule has 0 aliphatic carbocycles. The van der Waals surface area contributed by atoms with Crippen molar-refractivity contribution in [1.82, 2.24) is 9.88 Å². The average molecular weight is 496 g/mol. The minimum Gasteiger partial charge on any atom is -0.315 e. The Morgan fingerprint density at radius 1 is 0.969 bits per heavy atom. The summed E-state index contributed by atoms with van der Waals surface area (Å²) in [6.45, 7) is 5.36. The van der Waals surface area contributed by atoms with Gasteiger partial charge in [-0.15, -0.1) is 0 Å². The highest BCUT2D eigenvalue weighted by molar-refractivity contribution is 9.10. The lowest BCUT2D eigenvalue weighted by Crippen LogP contribution is -2.54. The third kappa shape index (κ3) is 3.67. The van der Waals surface area contributed by atoms with Gasteiger partial charge < -0.3 is 4.57 Å². The van der Waals surface area contributed by atoms with Crippen molar-refractivity contribution in [1.29, 1.82) is 0 Å². The number of para-hydroxylation sites is 1. The molecule has 1 N–H and O–H groups in total. The number of halogens is 2. The van der Waals surface area contributed by atoms with Crippen molar-refractivity contribution in [2.75, 3.05) is 4.90 Å². The first kappa shape index (κ1) is 21.7. The molecular formula is C24H19BrFN3O3. The molecule has 3 aromatic rings. The van der Waals surface area contributed by atoms with Gasteiger partial charge in [0.2, 0.25) is 0 Å². The first-order valence-electron chi connectivity index (χ1n) is 9.80. The second kappa shape index (κ2) is 8.20. The van der Waals surface area contributed by atoms with Crippen LogP contribution in [0.1, 0.15) is 22.5 Å². The molecule has 0 atom stereocenters. The Balaban J connectivity index is 1.80. The summed E-state index contributed by atoms with van der Waals surface area (Å²) < 4.78 is 16.9. The van der Waals surface area contributed by atoms with Gasteiger partial charge in [0.15, 0.2) is 0 Å². The van der Waals surface area contributed by atoms with Crippen LogP contribution in [-0.2, 0) is 9.59 Å². The quantitative estimate of drug-likeness (QED) is 0.411. The van der Waals surface area contributed by atoms with Crippen LogP contribution < -0.4 is 10.2 Å². The van der Waals surface area contributed by atoms with E-state index in [4.69, 9.17) is 0 Å². The van der Waals surface area contributed by atoms with Crippen LogP contribution in [0.25, 0.3) is 11.8 Å². The maximum Gasteiger partial charge on any atom is 0.335 e. The smallest absolute Gasteiger partial charge is 0.315 e. The molecular weight excluding hydrogens is 477 g/mol. The number of barbiturate groups is 1. The van der Waals surface area contributed by atoms with Gasteiger partial charge in [0.05, 0.1) is 11.4 Å². The summed E-state index contributed by atoms with van der Waals surface area (Å²) in [4.78, 5) is 39.1. The Morgan fingerprint density at radius 2 is 1.69 bits per heavy atom. The Kier molecular flexibility index (Phi) is 5.56. The van der Waals surface area contributed by atoms with Crippen molar-refractivity contribution < 1.29 is 18.8 Å². The van der Waals surface area contributed by atoms with E-state index in [0.29, 0.717) is 32.7 Å². The number of imide groups is 2. The Labute approximate surface area is 192 Å². The van der Waals surface area contributed by atoms with Gasteiger partial charge in [-0.2, -0.15) is 0 Å². The third-order valence-electron chi connectivity index (χ3n) is 5.38. The monoisotopic (exact) mass is 495 g/mol. The molecule has 1 saturated heterocycles. The van der Waals surface area contributed by atoms with E-state index < -0.39 is 23.7 Å². The number of anilines is 1. The number of amides is 4. The van der Waals surface area contributed by atoms with Crippen LogP contribution in [0, 0.1) is 26.6 Å². The summed E-state index contributed by atoms with van der Waals surface area (Å²) in [5, 5.41) is 2.23. The number of hydrogen-bond acceptors (Lipinski definition) is 3. The second-order valence-corrected chi connectivity index (χ2v) is 8.42. The van der Waals surface area contributed by atoms with Gasteiger partial charge in [0, 0.05) is 15.9 Å². The number of rotatable bonds is 3. The number of aromatic nitrogens is 1. The Morgan fingerprint density at radius 3 is 2.38 bits per heavy atom. The normalized spacial score (nSPS) is 15.5. The number of carbonyl (C=O) groups is 3. The van der Waals surface area contributed by atoms with E-state index >= 15 is 0 Å². The summed E-state index contributed by atoms with van der Waals surface area (Å²) in [6, 6.07) is 12.6. The Hall–Kier alpha value is -3.52. The number of benzene rings is 2. The largest absolute Gasteiger partial charge is 0.335 e. The van der Waals surface area contributed by atoms with E-state index in [9.17, 15) is 18.8 Å². The van der Waals surface area contributed by atoms with E-state index in [-0.39, 0.29) is 5.57 Å². The molecule has 0 unspecified atom stereocenters. The lowest BCUT2D eigenvalue weighted by molar-refractivity contribution is -0.122. The molecule has 1 aliphatic rings. The number of aryl methyl sites for hydroxylation is 2. The number of nitrogens with one attached hydrogen (secondary N) is 1. The Bertz CT molecular complexity index is 1330. The third-order valence-corrected chi connectivity index (χ3v) is 5.87. The molecule has 0 saturated carbocycles. The summed E-state index contributed by atoms with van der Waals surface area (Å²) >= 11 is 3.25. The summed E-state index contributed by atoms with van der Waals surface area (Å²) in [7, 11) is 0. The minimum absolute atomic E-state index is 0.176. The fraction of sp³-hybridized carbons (Fsp3) is 0.125. The molecule has 1 aromatic heterocycles. The summed E-state index contributed by atoms with van der Waals surface area (Å²) in [5.74, 6) is -1.90.